The van der Waals surface area contributed by atoms with Crippen LogP contribution in [0.5, 0.6) is 0 Å². The van der Waals surface area contributed by atoms with Crippen LogP contribution >= 0.6 is 0 Å². The van der Waals surface area contributed by atoms with E-state index in [9.17, 15) is 9.59 Å². The third-order valence-corrected chi connectivity index (χ3v) is 4.13. The van der Waals surface area contributed by atoms with Gasteiger partial charge in [0.2, 0.25) is 0 Å². The molecule has 0 saturated carbocycles. The third kappa shape index (κ3) is 2.87. The van der Waals surface area contributed by atoms with Crippen LogP contribution in [0.25, 0.3) is 0 Å². The highest BCUT2D eigenvalue weighted by atomic mass is 16.7. The Morgan fingerprint density at radius 3 is 2.19 bits per heavy atom. The topological polar surface area (TPSA) is 64.6 Å². The first-order valence-electron chi connectivity index (χ1n) is 6.88. The van der Waals surface area contributed by atoms with Crippen molar-refractivity contribution < 1.29 is 18.9 Å². The van der Waals surface area contributed by atoms with Crippen LogP contribution < -0.4 is 10.8 Å². The maximum absolute atomic E-state index is 11.8. The SMILES string of the molecule is CNC(=O)c1cc(C=O)cc(B2OC(C)(C)C(C)(C)O2)c1. The van der Waals surface area contributed by atoms with E-state index in [1.165, 1.54) is 0 Å². The Hall–Kier alpha value is -1.66. The summed E-state index contributed by atoms with van der Waals surface area (Å²) in [7, 11) is 0.947. The molecular weight excluding hydrogens is 269 g/mol. The minimum Gasteiger partial charge on any atom is -0.399 e. The van der Waals surface area contributed by atoms with Gasteiger partial charge in [-0.2, -0.15) is 0 Å². The molecular formula is C15H20BNO4. The summed E-state index contributed by atoms with van der Waals surface area (Å²) in [5, 5.41) is 2.55. The molecule has 6 heteroatoms. The fourth-order valence-electron chi connectivity index (χ4n) is 2.14. The number of hydrogen-bond acceptors (Lipinski definition) is 4. The van der Waals surface area contributed by atoms with Crippen molar-refractivity contribution in [3.05, 3.63) is 29.3 Å². The second-order valence-corrected chi connectivity index (χ2v) is 6.17. The lowest BCUT2D eigenvalue weighted by Crippen LogP contribution is -2.41. The van der Waals surface area contributed by atoms with Crippen molar-refractivity contribution in [1.29, 1.82) is 0 Å². The number of benzene rings is 1. The molecule has 1 aliphatic heterocycles. The molecule has 2 rings (SSSR count). The molecule has 112 valence electrons. The molecule has 1 fully saturated rings. The van der Waals surface area contributed by atoms with E-state index in [0.29, 0.717) is 22.9 Å². The van der Waals surface area contributed by atoms with E-state index in [4.69, 9.17) is 9.31 Å². The van der Waals surface area contributed by atoms with Gasteiger partial charge in [0.05, 0.1) is 11.2 Å². The fraction of sp³-hybridized carbons (Fsp3) is 0.467. The lowest BCUT2D eigenvalue weighted by Gasteiger charge is -2.32. The highest BCUT2D eigenvalue weighted by molar-refractivity contribution is 6.62. The number of hydrogen-bond donors (Lipinski definition) is 1. The van der Waals surface area contributed by atoms with Crippen LogP contribution in [0.15, 0.2) is 18.2 Å². The number of aldehydes is 1. The van der Waals surface area contributed by atoms with Gasteiger partial charge in [-0.3, -0.25) is 9.59 Å². The van der Waals surface area contributed by atoms with Gasteiger partial charge < -0.3 is 14.6 Å². The Kier molecular flexibility index (Phi) is 3.95. The quantitative estimate of drug-likeness (QED) is 0.670. The van der Waals surface area contributed by atoms with Crippen molar-refractivity contribution in [2.45, 2.75) is 38.9 Å². The zero-order valence-electron chi connectivity index (χ0n) is 13.0. The van der Waals surface area contributed by atoms with Gasteiger partial charge in [-0.1, -0.05) is 6.07 Å². The van der Waals surface area contributed by atoms with Crippen LogP contribution in [0.2, 0.25) is 0 Å². The maximum atomic E-state index is 11.8. The fourth-order valence-corrected chi connectivity index (χ4v) is 2.14. The molecule has 21 heavy (non-hydrogen) atoms. The molecule has 1 aromatic rings. The molecule has 1 amide bonds. The van der Waals surface area contributed by atoms with Gasteiger partial charge in [-0.25, -0.2) is 0 Å². The van der Waals surface area contributed by atoms with E-state index in [1.807, 2.05) is 27.7 Å². The maximum Gasteiger partial charge on any atom is 0.494 e. The minimum absolute atomic E-state index is 0.253. The molecule has 0 aromatic heterocycles. The smallest absolute Gasteiger partial charge is 0.399 e. The molecule has 0 atom stereocenters. The van der Waals surface area contributed by atoms with Gasteiger partial charge in [0.1, 0.15) is 6.29 Å². The first-order chi connectivity index (χ1) is 9.70. The first-order valence-corrected chi connectivity index (χ1v) is 6.88. The van der Waals surface area contributed by atoms with E-state index >= 15 is 0 Å². The summed E-state index contributed by atoms with van der Waals surface area (Å²) < 4.78 is 11.9. The summed E-state index contributed by atoms with van der Waals surface area (Å²) in [6.45, 7) is 7.82. The van der Waals surface area contributed by atoms with Crippen LogP contribution in [-0.2, 0) is 9.31 Å². The Morgan fingerprint density at radius 1 is 1.14 bits per heavy atom. The van der Waals surface area contributed by atoms with Crippen LogP contribution in [0.3, 0.4) is 0 Å². The number of amides is 1. The minimum atomic E-state index is -0.599. The second kappa shape index (κ2) is 5.28. The van der Waals surface area contributed by atoms with Gasteiger partial charge >= 0.3 is 7.12 Å². The molecule has 1 N–H and O–H groups in total. The zero-order valence-corrected chi connectivity index (χ0v) is 13.0. The second-order valence-electron chi connectivity index (χ2n) is 6.17. The van der Waals surface area contributed by atoms with Gasteiger partial charge in [0, 0.05) is 18.2 Å². The van der Waals surface area contributed by atoms with Crippen molar-refractivity contribution >= 4 is 24.8 Å². The molecule has 0 aliphatic carbocycles. The summed E-state index contributed by atoms with van der Waals surface area (Å²) in [6, 6.07) is 4.91. The normalized spacial score (nSPS) is 19.4. The Morgan fingerprint density at radius 2 is 1.71 bits per heavy atom. The molecule has 0 radical (unpaired) electrons. The Bertz CT molecular complexity index is 567. The van der Waals surface area contributed by atoms with Crippen LogP contribution in [-0.4, -0.2) is 37.6 Å². The van der Waals surface area contributed by atoms with E-state index in [-0.39, 0.29) is 5.91 Å². The average Bonchev–Trinajstić information content (AvgIpc) is 2.66. The van der Waals surface area contributed by atoms with Gasteiger partial charge in [0.15, 0.2) is 0 Å². The monoisotopic (exact) mass is 289 g/mol. The van der Waals surface area contributed by atoms with E-state index in [2.05, 4.69) is 5.32 Å². The predicted octanol–water partition coefficient (Wildman–Crippen LogP) is 1.16. The number of carbonyl (C=O) groups excluding carboxylic acids is 2. The van der Waals surface area contributed by atoms with Crippen LogP contribution in [0.1, 0.15) is 48.4 Å². The van der Waals surface area contributed by atoms with Gasteiger partial charge in [-0.15, -0.1) is 0 Å². The molecule has 0 bridgehead atoms. The highest BCUT2D eigenvalue weighted by Gasteiger charge is 2.51. The molecule has 0 unspecified atom stereocenters. The summed E-state index contributed by atoms with van der Waals surface area (Å²) in [5.74, 6) is -0.253. The molecule has 1 saturated heterocycles. The van der Waals surface area contributed by atoms with Crippen molar-refractivity contribution in [1.82, 2.24) is 5.32 Å². The molecule has 1 aromatic carbocycles. The Labute approximate surface area is 125 Å². The van der Waals surface area contributed by atoms with Crippen molar-refractivity contribution in [2.24, 2.45) is 0 Å². The summed E-state index contributed by atoms with van der Waals surface area (Å²) in [6.07, 6.45) is 0.710. The van der Waals surface area contributed by atoms with Gasteiger partial charge in [0.25, 0.3) is 5.91 Å². The molecule has 1 heterocycles. The lowest BCUT2D eigenvalue weighted by atomic mass is 9.77. The van der Waals surface area contributed by atoms with Gasteiger partial charge in [-0.05, 0) is 45.3 Å². The predicted molar refractivity (Wildman–Crippen MR) is 80.9 cm³/mol. The standard InChI is InChI=1S/C15H20BNO4/c1-14(2)15(3,4)21-16(20-14)12-7-10(9-18)6-11(8-12)13(19)17-5/h6-9H,1-5H3,(H,17,19). The van der Waals surface area contributed by atoms with Crippen molar-refractivity contribution in [2.75, 3.05) is 7.05 Å². The van der Waals surface area contributed by atoms with E-state index < -0.39 is 18.3 Å². The van der Waals surface area contributed by atoms with E-state index in [1.54, 1.807) is 25.2 Å². The highest BCUT2D eigenvalue weighted by Crippen LogP contribution is 2.36. The van der Waals surface area contributed by atoms with Crippen molar-refractivity contribution in [3.8, 4) is 0 Å². The van der Waals surface area contributed by atoms with Crippen molar-refractivity contribution in [3.63, 3.8) is 0 Å². The largest absolute Gasteiger partial charge is 0.494 e. The molecule has 0 spiro atoms. The van der Waals surface area contributed by atoms with Crippen LogP contribution in [0, 0.1) is 0 Å². The lowest BCUT2D eigenvalue weighted by molar-refractivity contribution is 0.00578. The summed E-state index contributed by atoms with van der Waals surface area (Å²) in [5.41, 5.74) is 0.550. The summed E-state index contributed by atoms with van der Waals surface area (Å²) >= 11 is 0. The number of rotatable bonds is 3. The Balaban J connectivity index is 2.41. The summed E-state index contributed by atoms with van der Waals surface area (Å²) in [4.78, 5) is 22.9. The van der Waals surface area contributed by atoms with Crippen LogP contribution in [0.4, 0.5) is 0 Å². The third-order valence-electron chi connectivity index (χ3n) is 4.13. The van der Waals surface area contributed by atoms with E-state index in [0.717, 1.165) is 0 Å². The molecule has 1 aliphatic rings. The first kappa shape index (κ1) is 15.7. The zero-order chi connectivity index (χ0) is 15.8. The number of nitrogens with one attached hydrogen (secondary N) is 1. The molecule has 5 nitrogen and oxygen atoms in total. The average molecular weight is 289 g/mol. The number of carbonyl (C=O) groups is 2.